The lowest BCUT2D eigenvalue weighted by atomic mass is 10.1. The predicted molar refractivity (Wildman–Crippen MR) is 46.8 cm³/mol. The van der Waals surface area contributed by atoms with Crippen molar-refractivity contribution < 1.29 is 9.31 Å². The summed E-state index contributed by atoms with van der Waals surface area (Å²) in [6.45, 7) is 3.36. The van der Waals surface area contributed by atoms with E-state index in [9.17, 15) is 14.5 Å². The number of benzene rings is 1. The summed E-state index contributed by atoms with van der Waals surface area (Å²) < 4.78 is 13.3. The summed E-state index contributed by atoms with van der Waals surface area (Å²) in [7, 11) is 0. The molecule has 71 valence electrons. The van der Waals surface area contributed by atoms with Gasteiger partial charge in [0.15, 0.2) is 0 Å². The van der Waals surface area contributed by atoms with Crippen LogP contribution in [-0.4, -0.2) is 4.92 Å². The van der Waals surface area contributed by atoms with Crippen LogP contribution in [0.15, 0.2) is 12.1 Å². The first-order valence-electron chi connectivity index (χ1n) is 3.72. The smallest absolute Gasteiger partial charge is 0.258 e. The van der Waals surface area contributed by atoms with E-state index in [0.717, 1.165) is 6.07 Å². The van der Waals surface area contributed by atoms with Gasteiger partial charge in [-0.05, 0) is 18.6 Å². The molecule has 0 bridgehead atoms. The molecular weight excluding hydrogens is 187 g/mol. The van der Waals surface area contributed by atoms with E-state index in [-0.39, 0.29) is 23.2 Å². The molecule has 0 atom stereocenters. The van der Waals surface area contributed by atoms with Crippen molar-refractivity contribution in [3.8, 4) is 6.07 Å². The van der Waals surface area contributed by atoms with Gasteiger partial charge in [-0.2, -0.15) is 5.26 Å². The van der Waals surface area contributed by atoms with Crippen molar-refractivity contribution >= 4 is 5.69 Å². The van der Waals surface area contributed by atoms with Crippen LogP contribution in [0.4, 0.5) is 10.1 Å². The number of nitro benzene ring substituents is 1. The first-order valence-corrected chi connectivity index (χ1v) is 3.72. The number of nitriles is 1. The van der Waals surface area contributed by atoms with E-state index in [2.05, 4.69) is 6.92 Å². The van der Waals surface area contributed by atoms with Gasteiger partial charge < -0.3 is 0 Å². The third-order valence-electron chi connectivity index (χ3n) is 1.75. The minimum Gasteiger partial charge on any atom is -0.258 e. The molecule has 1 aromatic carbocycles. The molecule has 0 saturated carbocycles. The van der Waals surface area contributed by atoms with Gasteiger partial charge in [-0.25, -0.2) is 4.39 Å². The second-order valence-corrected chi connectivity index (χ2v) is 2.63. The van der Waals surface area contributed by atoms with E-state index in [4.69, 9.17) is 5.26 Å². The van der Waals surface area contributed by atoms with Gasteiger partial charge in [-0.3, -0.25) is 10.1 Å². The zero-order valence-electron chi connectivity index (χ0n) is 7.16. The molecule has 0 aliphatic carbocycles. The van der Waals surface area contributed by atoms with Crippen LogP contribution in [0.1, 0.15) is 11.1 Å². The fraction of sp³-hybridized carbons (Fsp3) is 0.111. The highest BCUT2D eigenvalue weighted by molar-refractivity contribution is 5.46. The largest absolute Gasteiger partial charge is 0.276 e. The number of rotatable bonds is 2. The molecule has 5 heteroatoms. The zero-order chi connectivity index (χ0) is 10.7. The number of hydrogen-bond acceptors (Lipinski definition) is 3. The Morgan fingerprint density at radius 3 is 2.79 bits per heavy atom. The van der Waals surface area contributed by atoms with Crippen molar-refractivity contribution in [3.05, 3.63) is 46.1 Å². The predicted octanol–water partition coefficient (Wildman–Crippen LogP) is 1.98. The lowest BCUT2D eigenvalue weighted by Crippen LogP contribution is -1.99. The third-order valence-corrected chi connectivity index (χ3v) is 1.75. The minimum absolute atomic E-state index is 0.0563. The van der Waals surface area contributed by atoms with Gasteiger partial charge in [0.05, 0.1) is 23.0 Å². The van der Waals surface area contributed by atoms with Gasteiger partial charge >= 0.3 is 0 Å². The number of hydrogen-bond donors (Lipinski definition) is 0. The molecular formula is C9H6FN2O2. The van der Waals surface area contributed by atoms with Gasteiger partial charge in [0.25, 0.3) is 5.69 Å². The highest BCUT2D eigenvalue weighted by Gasteiger charge is 2.18. The maximum absolute atomic E-state index is 13.3. The summed E-state index contributed by atoms with van der Waals surface area (Å²) in [5.74, 6) is -0.777. The van der Waals surface area contributed by atoms with E-state index >= 15 is 0 Å². The van der Waals surface area contributed by atoms with Gasteiger partial charge in [0.2, 0.25) is 0 Å². The lowest BCUT2D eigenvalue weighted by Gasteiger charge is -2.02. The van der Waals surface area contributed by atoms with E-state index in [1.54, 1.807) is 6.07 Å². The molecule has 0 heterocycles. The van der Waals surface area contributed by atoms with E-state index < -0.39 is 10.7 Å². The number of nitrogens with zero attached hydrogens (tertiary/aromatic N) is 2. The summed E-state index contributed by atoms with van der Waals surface area (Å²) in [6.07, 6.45) is -0.328. The van der Waals surface area contributed by atoms with Crippen molar-refractivity contribution in [2.45, 2.75) is 6.42 Å². The zero-order valence-corrected chi connectivity index (χ0v) is 7.16. The van der Waals surface area contributed by atoms with Crippen LogP contribution in [0.5, 0.6) is 0 Å². The molecule has 0 saturated heterocycles. The molecule has 1 radical (unpaired) electrons. The number of halogens is 1. The minimum atomic E-state index is -0.777. The molecule has 1 rings (SSSR count). The molecule has 0 N–H and O–H groups in total. The van der Waals surface area contributed by atoms with Gasteiger partial charge in [-0.15, -0.1) is 0 Å². The van der Waals surface area contributed by atoms with E-state index in [1.807, 2.05) is 0 Å². The van der Waals surface area contributed by atoms with Crippen LogP contribution in [0.3, 0.4) is 0 Å². The van der Waals surface area contributed by atoms with Crippen LogP contribution < -0.4 is 0 Å². The van der Waals surface area contributed by atoms with Crippen LogP contribution >= 0.6 is 0 Å². The van der Waals surface area contributed by atoms with Crippen LogP contribution in [-0.2, 0) is 6.42 Å². The van der Waals surface area contributed by atoms with Crippen molar-refractivity contribution in [2.75, 3.05) is 0 Å². The summed E-state index contributed by atoms with van der Waals surface area (Å²) in [5, 5.41) is 18.9. The van der Waals surface area contributed by atoms with Gasteiger partial charge in [0, 0.05) is 6.07 Å². The normalized spacial score (nSPS) is 9.50. The highest BCUT2D eigenvalue weighted by Crippen LogP contribution is 2.24. The topological polar surface area (TPSA) is 66.9 Å². The maximum Gasteiger partial charge on any atom is 0.276 e. The molecule has 14 heavy (non-hydrogen) atoms. The number of nitro groups is 1. The van der Waals surface area contributed by atoms with E-state index in [0.29, 0.717) is 0 Å². The summed E-state index contributed by atoms with van der Waals surface area (Å²) in [5.41, 5.74) is -0.526. The SMILES string of the molecule is [CH2]c1ccc([N+](=O)[O-])c(CC#N)c1F. The Kier molecular flexibility index (Phi) is 2.77. The third kappa shape index (κ3) is 1.69. The molecule has 1 aromatic rings. The highest BCUT2D eigenvalue weighted by atomic mass is 19.1. The molecule has 0 fully saturated rings. The summed E-state index contributed by atoms with van der Waals surface area (Å²) in [4.78, 5) is 9.76. The molecule has 0 unspecified atom stereocenters. The van der Waals surface area contributed by atoms with Crippen molar-refractivity contribution in [1.29, 1.82) is 5.26 Å². The van der Waals surface area contributed by atoms with Gasteiger partial charge in [0.1, 0.15) is 5.82 Å². The fourth-order valence-corrected chi connectivity index (χ4v) is 1.08. The quantitative estimate of drug-likeness (QED) is 0.532. The molecule has 0 aliphatic rings. The van der Waals surface area contributed by atoms with Crippen molar-refractivity contribution in [3.63, 3.8) is 0 Å². The Morgan fingerprint density at radius 1 is 1.64 bits per heavy atom. The Hall–Kier alpha value is -1.96. The van der Waals surface area contributed by atoms with Crippen LogP contribution in [0, 0.1) is 34.2 Å². The fourth-order valence-electron chi connectivity index (χ4n) is 1.08. The van der Waals surface area contributed by atoms with Crippen molar-refractivity contribution in [2.24, 2.45) is 0 Å². The molecule has 0 spiro atoms. The Morgan fingerprint density at radius 2 is 2.29 bits per heavy atom. The maximum atomic E-state index is 13.3. The van der Waals surface area contributed by atoms with Gasteiger partial charge in [-0.1, -0.05) is 0 Å². The average Bonchev–Trinajstić information content (AvgIpc) is 2.13. The lowest BCUT2D eigenvalue weighted by molar-refractivity contribution is -0.385. The molecule has 0 aliphatic heterocycles. The second-order valence-electron chi connectivity index (χ2n) is 2.63. The Bertz CT molecular complexity index is 424. The first-order chi connectivity index (χ1) is 6.57. The summed E-state index contributed by atoms with van der Waals surface area (Å²) in [6, 6.07) is 4.04. The Labute approximate surface area is 79.7 Å². The second kappa shape index (κ2) is 3.83. The van der Waals surface area contributed by atoms with Crippen LogP contribution in [0.2, 0.25) is 0 Å². The molecule has 0 amide bonds. The summed E-state index contributed by atoms with van der Waals surface area (Å²) >= 11 is 0. The van der Waals surface area contributed by atoms with Crippen molar-refractivity contribution in [1.82, 2.24) is 0 Å². The average molecular weight is 193 g/mol. The first kappa shape index (κ1) is 10.1. The Balaban J connectivity index is 3.39. The van der Waals surface area contributed by atoms with Crippen LogP contribution in [0.25, 0.3) is 0 Å². The molecule has 0 aromatic heterocycles. The monoisotopic (exact) mass is 193 g/mol. The van der Waals surface area contributed by atoms with E-state index in [1.165, 1.54) is 6.07 Å². The molecule has 4 nitrogen and oxygen atoms in total. The standard InChI is InChI=1S/C9H6FN2O2/c1-6-2-3-8(12(13)14)7(4-5-11)9(6)10/h2-3H,1,4H2.